The van der Waals surface area contributed by atoms with Crippen LogP contribution in [0.2, 0.25) is 0 Å². The second-order valence-corrected chi connectivity index (χ2v) is 7.58. The number of aldehydes is 1. The Labute approximate surface area is 121 Å². The van der Waals surface area contributed by atoms with Crippen LogP contribution in [0, 0.1) is 17.3 Å². The molecule has 0 radical (unpaired) electrons. The van der Waals surface area contributed by atoms with Crippen LogP contribution in [0.25, 0.3) is 0 Å². The van der Waals surface area contributed by atoms with Crippen molar-refractivity contribution in [1.29, 1.82) is 0 Å². The normalized spacial score (nSPS) is 38.8. The molecule has 2 saturated carbocycles. The third-order valence-electron chi connectivity index (χ3n) is 6.67. The number of rotatable bonds is 1. The van der Waals surface area contributed by atoms with Crippen LogP contribution >= 0.6 is 0 Å². The van der Waals surface area contributed by atoms with Crippen LogP contribution in [-0.4, -0.2) is 6.29 Å². The molecule has 2 fully saturated rings. The van der Waals surface area contributed by atoms with E-state index in [1.807, 2.05) is 6.07 Å². The van der Waals surface area contributed by atoms with Gasteiger partial charge in [0.2, 0.25) is 0 Å². The van der Waals surface area contributed by atoms with Crippen LogP contribution in [0.3, 0.4) is 0 Å². The van der Waals surface area contributed by atoms with Gasteiger partial charge in [0.05, 0.1) is 0 Å². The predicted molar refractivity (Wildman–Crippen MR) is 81.1 cm³/mol. The zero-order valence-electron chi connectivity index (χ0n) is 12.4. The van der Waals surface area contributed by atoms with Gasteiger partial charge in [-0.1, -0.05) is 25.5 Å². The lowest BCUT2D eigenvalue weighted by atomic mass is 9.56. The molecule has 106 valence electrons. The molecule has 3 aliphatic carbocycles. The molecule has 20 heavy (non-hydrogen) atoms. The Balaban J connectivity index is 1.73. The van der Waals surface area contributed by atoms with E-state index >= 15 is 0 Å². The van der Waals surface area contributed by atoms with E-state index in [2.05, 4.69) is 19.1 Å². The van der Waals surface area contributed by atoms with E-state index in [-0.39, 0.29) is 0 Å². The smallest absolute Gasteiger partial charge is 0.150 e. The van der Waals surface area contributed by atoms with E-state index in [9.17, 15) is 4.79 Å². The third-order valence-corrected chi connectivity index (χ3v) is 6.67. The van der Waals surface area contributed by atoms with Crippen molar-refractivity contribution in [3.8, 4) is 0 Å². The van der Waals surface area contributed by atoms with Crippen molar-refractivity contribution in [2.45, 2.75) is 57.8 Å². The summed E-state index contributed by atoms with van der Waals surface area (Å²) in [5.41, 5.74) is 4.52. The second kappa shape index (κ2) is 4.44. The van der Waals surface area contributed by atoms with Gasteiger partial charge in [0.1, 0.15) is 6.29 Å². The number of benzene rings is 1. The molecule has 3 aliphatic rings. The van der Waals surface area contributed by atoms with Crippen molar-refractivity contribution < 1.29 is 4.79 Å². The quantitative estimate of drug-likeness (QED) is 0.672. The molecule has 1 aromatic rings. The fourth-order valence-corrected chi connectivity index (χ4v) is 5.65. The van der Waals surface area contributed by atoms with Crippen molar-refractivity contribution >= 4 is 6.29 Å². The minimum atomic E-state index is 0.626. The van der Waals surface area contributed by atoms with E-state index in [0.29, 0.717) is 5.41 Å². The van der Waals surface area contributed by atoms with Crippen molar-refractivity contribution in [2.24, 2.45) is 17.3 Å². The topological polar surface area (TPSA) is 17.1 Å². The molecule has 0 heterocycles. The van der Waals surface area contributed by atoms with E-state index in [1.54, 1.807) is 0 Å². The molecular formula is C19H24O. The fraction of sp³-hybridized carbons (Fsp3) is 0.632. The SMILES string of the molecule is C[C@@]12CCC[C@H]1[C@@H]1CCc3ccc(C=O)cc3[C@H]1CC2. The standard InChI is InChI=1S/C19H24O/c1-19-9-2-3-18(19)16-7-6-14-5-4-13(12-20)11-17(14)15(16)8-10-19/h4-5,11-12,15-16,18H,2-3,6-10H2,1H3/t15-,16+,18-,19-/m0/s1. The van der Waals surface area contributed by atoms with Crippen molar-refractivity contribution in [3.05, 3.63) is 34.9 Å². The highest BCUT2D eigenvalue weighted by atomic mass is 16.1. The van der Waals surface area contributed by atoms with Gasteiger partial charge in [-0.25, -0.2) is 0 Å². The molecule has 0 amide bonds. The van der Waals surface area contributed by atoms with E-state index in [1.165, 1.54) is 56.1 Å². The van der Waals surface area contributed by atoms with E-state index < -0.39 is 0 Å². The Morgan fingerprint density at radius 3 is 2.95 bits per heavy atom. The molecule has 0 saturated heterocycles. The first-order valence-electron chi connectivity index (χ1n) is 8.29. The van der Waals surface area contributed by atoms with Gasteiger partial charge in [-0.15, -0.1) is 0 Å². The molecule has 1 heteroatoms. The molecule has 0 unspecified atom stereocenters. The molecule has 4 atom stereocenters. The van der Waals surface area contributed by atoms with Gasteiger partial charge in [0.25, 0.3) is 0 Å². The molecule has 0 spiro atoms. The second-order valence-electron chi connectivity index (χ2n) is 7.58. The molecule has 1 aromatic carbocycles. The van der Waals surface area contributed by atoms with E-state index in [0.717, 1.165) is 29.6 Å². The lowest BCUT2D eigenvalue weighted by Gasteiger charge is -2.49. The van der Waals surface area contributed by atoms with Gasteiger partial charge in [-0.05, 0) is 78.9 Å². The van der Waals surface area contributed by atoms with Gasteiger partial charge in [0, 0.05) is 5.56 Å². The van der Waals surface area contributed by atoms with Crippen LogP contribution in [0.4, 0.5) is 0 Å². The number of aryl methyl sites for hydroxylation is 1. The number of carbonyl (C=O) groups excluding carboxylic acids is 1. The lowest BCUT2D eigenvalue weighted by Crippen LogP contribution is -2.39. The number of fused-ring (bicyclic) bond motifs is 5. The summed E-state index contributed by atoms with van der Waals surface area (Å²) in [6.45, 7) is 2.54. The molecule has 0 aromatic heterocycles. The fourth-order valence-electron chi connectivity index (χ4n) is 5.65. The maximum atomic E-state index is 11.1. The summed E-state index contributed by atoms with van der Waals surface area (Å²) in [6, 6.07) is 6.39. The molecule has 4 rings (SSSR count). The average molecular weight is 268 g/mol. The number of carbonyl (C=O) groups is 1. The Kier molecular flexibility index (Phi) is 2.80. The summed E-state index contributed by atoms with van der Waals surface area (Å²) in [6.07, 6.45) is 10.7. The number of hydrogen-bond donors (Lipinski definition) is 0. The van der Waals surface area contributed by atoms with Crippen LogP contribution in [0.15, 0.2) is 18.2 Å². The summed E-state index contributed by atoms with van der Waals surface area (Å²) in [5, 5.41) is 0. The van der Waals surface area contributed by atoms with Crippen LogP contribution in [0.5, 0.6) is 0 Å². The average Bonchev–Trinajstić information content (AvgIpc) is 2.88. The first-order valence-corrected chi connectivity index (χ1v) is 8.29. The minimum Gasteiger partial charge on any atom is -0.298 e. The lowest BCUT2D eigenvalue weighted by molar-refractivity contribution is 0.0598. The predicted octanol–water partition coefficient (Wildman–Crippen LogP) is 4.75. The van der Waals surface area contributed by atoms with Gasteiger partial charge < -0.3 is 0 Å². The van der Waals surface area contributed by atoms with E-state index in [4.69, 9.17) is 0 Å². The summed E-state index contributed by atoms with van der Waals surface area (Å²) in [4.78, 5) is 11.1. The first-order chi connectivity index (χ1) is 9.71. The third kappa shape index (κ3) is 1.71. The maximum absolute atomic E-state index is 11.1. The Morgan fingerprint density at radius 1 is 1.20 bits per heavy atom. The van der Waals surface area contributed by atoms with Crippen molar-refractivity contribution in [2.75, 3.05) is 0 Å². The highest BCUT2D eigenvalue weighted by molar-refractivity contribution is 5.75. The Hall–Kier alpha value is -1.11. The van der Waals surface area contributed by atoms with Gasteiger partial charge in [-0.3, -0.25) is 4.79 Å². The highest BCUT2D eigenvalue weighted by Crippen LogP contribution is 2.60. The molecule has 0 aliphatic heterocycles. The van der Waals surface area contributed by atoms with Gasteiger partial charge >= 0.3 is 0 Å². The Bertz CT molecular complexity index is 547. The summed E-state index contributed by atoms with van der Waals surface area (Å²) >= 11 is 0. The highest BCUT2D eigenvalue weighted by Gasteiger charge is 2.50. The largest absolute Gasteiger partial charge is 0.298 e. The molecular weight excluding hydrogens is 244 g/mol. The zero-order valence-corrected chi connectivity index (χ0v) is 12.4. The monoisotopic (exact) mass is 268 g/mol. The van der Waals surface area contributed by atoms with Crippen LogP contribution < -0.4 is 0 Å². The van der Waals surface area contributed by atoms with Crippen LogP contribution in [-0.2, 0) is 6.42 Å². The zero-order chi connectivity index (χ0) is 13.7. The van der Waals surface area contributed by atoms with Crippen molar-refractivity contribution in [3.63, 3.8) is 0 Å². The van der Waals surface area contributed by atoms with Crippen molar-refractivity contribution in [1.82, 2.24) is 0 Å². The van der Waals surface area contributed by atoms with Crippen LogP contribution in [0.1, 0.15) is 72.9 Å². The Morgan fingerprint density at radius 2 is 2.10 bits per heavy atom. The maximum Gasteiger partial charge on any atom is 0.150 e. The van der Waals surface area contributed by atoms with Gasteiger partial charge in [0.15, 0.2) is 0 Å². The number of hydrogen-bond acceptors (Lipinski definition) is 1. The summed E-state index contributed by atoms with van der Waals surface area (Å²) < 4.78 is 0. The first kappa shape index (κ1) is 12.6. The molecule has 0 bridgehead atoms. The minimum absolute atomic E-state index is 0.626. The molecule has 1 nitrogen and oxygen atoms in total. The summed E-state index contributed by atoms with van der Waals surface area (Å²) in [5.74, 6) is 2.55. The summed E-state index contributed by atoms with van der Waals surface area (Å²) in [7, 11) is 0. The molecule has 0 N–H and O–H groups in total. The van der Waals surface area contributed by atoms with Gasteiger partial charge in [-0.2, -0.15) is 0 Å².